The first-order valence-corrected chi connectivity index (χ1v) is 11.2. The van der Waals surface area contributed by atoms with E-state index in [1.165, 1.54) is 0 Å². The monoisotopic (exact) mass is 420 g/mol. The Morgan fingerprint density at radius 1 is 1.29 bits per heavy atom. The summed E-state index contributed by atoms with van der Waals surface area (Å²) in [5.74, 6) is 1.52. The van der Waals surface area contributed by atoms with Crippen LogP contribution in [-0.2, 0) is 11.3 Å². The molecule has 1 N–H and O–H groups in total. The predicted octanol–water partition coefficient (Wildman–Crippen LogP) is 4.06. The van der Waals surface area contributed by atoms with Gasteiger partial charge in [0, 0.05) is 49.9 Å². The predicted molar refractivity (Wildman–Crippen MR) is 125 cm³/mol. The highest BCUT2D eigenvalue weighted by Gasteiger charge is 2.25. The molecule has 7 nitrogen and oxygen atoms in total. The highest BCUT2D eigenvalue weighted by Crippen LogP contribution is 2.30. The van der Waals surface area contributed by atoms with E-state index in [-0.39, 0.29) is 5.91 Å². The molecule has 2 aliphatic heterocycles. The Labute approximate surface area is 184 Å². The van der Waals surface area contributed by atoms with Gasteiger partial charge in [0.05, 0.1) is 17.6 Å². The SMILES string of the molecule is C=C1N=C(CCCC(=O)N2CCC(C(=C)c3cnn(CC)c3)CC2)Nn2c(C)ccc21. The molecular formula is C24H32N6O. The molecule has 0 aromatic carbocycles. The molecule has 2 aromatic rings. The van der Waals surface area contributed by atoms with Crippen LogP contribution in [0.2, 0.25) is 0 Å². The Bertz CT molecular complexity index is 1020. The first-order valence-electron chi connectivity index (χ1n) is 11.2. The van der Waals surface area contributed by atoms with Crippen molar-refractivity contribution in [3.05, 3.63) is 54.6 Å². The lowest BCUT2D eigenvalue weighted by Gasteiger charge is -2.33. The largest absolute Gasteiger partial charge is 0.343 e. The lowest BCUT2D eigenvalue weighted by atomic mass is 9.87. The number of hydrogen-bond acceptors (Lipinski definition) is 4. The van der Waals surface area contributed by atoms with Gasteiger partial charge in [-0.25, -0.2) is 4.99 Å². The van der Waals surface area contributed by atoms with Crippen LogP contribution in [0.5, 0.6) is 0 Å². The van der Waals surface area contributed by atoms with Crippen molar-refractivity contribution in [2.45, 2.75) is 52.5 Å². The fourth-order valence-electron chi connectivity index (χ4n) is 4.38. The van der Waals surface area contributed by atoms with E-state index in [0.29, 0.717) is 12.3 Å². The summed E-state index contributed by atoms with van der Waals surface area (Å²) < 4.78 is 3.94. The number of allylic oxidation sites excluding steroid dienone is 1. The third-order valence-electron chi connectivity index (χ3n) is 6.36. The number of amides is 1. The third-order valence-corrected chi connectivity index (χ3v) is 6.36. The number of nitrogens with zero attached hydrogens (tertiary/aromatic N) is 5. The Kier molecular flexibility index (Phi) is 6.11. The maximum Gasteiger partial charge on any atom is 0.222 e. The number of amidine groups is 1. The molecule has 4 heterocycles. The average Bonchev–Trinajstić information content (AvgIpc) is 3.41. The van der Waals surface area contributed by atoms with Crippen molar-refractivity contribution in [3.8, 4) is 0 Å². The van der Waals surface area contributed by atoms with Crippen LogP contribution >= 0.6 is 0 Å². The van der Waals surface area contributed by atoms with Gasteiger partial charge in [0.25, 0.3) is 0 Å². The van der Waals surface area contributed by atoms with Gasteiger partial charge in [0.15, 0.2) is 0 Å². The van der Waals surface area contributed by atoms with Gasteiger partial charge in [-0.15, -0.1) is 0 Å². The molecule has 7 heteroatoms. The molecule has 1 amide bonds. The van der Waals surface area contributed by atoms with E-state index >= 15 is 0 Å². The number of carbonyl (C=O) groups is 1. The molecule has 0 unspecified atom stereocenters. The van der Waals surface area contributed by atoms with E-state index in [2.05, 4.69) is 41.8 Å². The summed E-state index contributed by atoms with van der Waals surface area (Å²) in [6.45, 7) is 14.9. The number of aliphatic imine (C=N–C) groups is 1. The Morgan fingerprint density at radius 3 is 2.77 bits per heavy atom. The number of aryl methyl sites for hydroxylation is 2. The quantitative estimate of drug-likeness (QED) is 0.734. The van der Waals surface area contributed by atoms with Gasteiger partial charge in [-0.2, -0.15) is 5.10 Å². The minimum Gasteiger partial charge on any atom is -0.343 e. The summed E-state index contributed by atoms with van der Waals surface area (Å²) in [5.41, 5.74) is 8.47. The maximum atomic E-state index is 12.7. The second-order valence-electron chi connectivity index (χ2n) is 8.43. The highest BCUT2D eigenvalue weighted by molar-refractivity contribution is 5.96. The number of likely N-dealkylation sites (tertiary alicyclic amines) is 1. The second kappa shape index (κ2) is 8.96. The van der Waals surface area contributed by atoms with E-state index in [1.54, 1.807) is 0 Å². The molecule has 2 aromatic heterocycles. The number of nitrogens with one attached hydrogen (secondary N) is 1. The summed E-state index contributed by atoms with van der Waals surface area (Å²) >= 11 is 0. The highest BCUT2D eigenvalue weighted by atomic mass is 16.2. The Balaban J connectivity index is 1.22. The molecule has 2 aliphatic rings. The van der Waals surface area contributed by atoms with Crippen LogP contribution in [0.4, 0.5) is 0 Å². The van der Waals surface area contributed by atoms with Crippen LogP contribution in [0.25, 0.3) is 11.3 Å². The molecular weight excluding hydrogens is 388 g/mol. The van der Waals surface area contributed by atoms with Crippen LogP contribution in [0.15, 0.2) is 42.7 Å². The maximum absolute atomic E-state index is 12.7. The standard InChI is InChI=1S/C24H32N6O/c1-5-29-16-21(15-25-29)18(3)20-11-13-28(14-12-20)24(31)8-6-7-23-26-19(4)22-10-9-17(2)30(22)27-23/h9-10,15-16,20H,3-8,11-14H2,1-2H3,(H,26,27). The number of hydrogen-bond donors (Lipinski definition) is 1. The zero-order valence-electron chi connectivity index (χ0n) is 18.6. The van der Waals surface area contributed by atoms with Gasteiger partial charge >= 0.3 is 0 Å². The smallest absolute Gasteiger partial charge is 0.222 e. The van der Waals surface area contributed by atoms with Crippen molar-refractivity contribution in [3.63, 3.8) is 0 Å². The summed E-state index contributed by atoms with van der Waals surface area (Å²) in [6, 6.07) is 4.06. The molecule has 0 atom stereocenters. The van der Waals surface area contributed by atoms with E-state index < -0.39 is 0 Å². The number of fused-ring (bicyclic) bond motifs is 1. The fraction of sp³-hybridized carbons (Fsp3) is 0.458. The first-order chi connectivity index (χ1) is 15.0. The molecule has 0 aliphatic carbocycles. The minimum absolute atomic E-state index is 0.232. The lowest BCUT2D eigenvalue weighted by Crippen LogP contribution is -2.38. The van der Waals surface area contributed by atoms with Gasteiger partial charge in [-0.3, -0.25) is 19.6 Å². The van der Waals surface area contributed by atoms with E-state index in [0.717, 1.165) is 79.4 Å². The van der Waals surface area contributed by atoms with Crippen LogP contribution < -0.4 is 5.43 Å². The van der Waals surface area contributed by atoms with E-state index in [4.69, 9.17) is 0 Å². The van der Waals surface area contributed by atoms with Crippen molar-refractivity contribution < 1.29 is 4.79 Å². The fourth-order valence-corrected chi connectivity index (χ4v) is 4.38. The Hall–Kier alpha value is -3.09. The Morgan fingerprint density at radius 2 is 2.06 bits per heavy atom. The van der Waals surface area contributed by atoms with Crippen molar-refractivity contribution in [2.75, 3.05) is 18.5 Å². The van der Waals surface area contributed by atoms with Crippen LogP contribution in [0.1, 0.15) is 56.0 Å². The number of carbonyl (C=O) groups excluding carboxylic acids is 1. The molecule has 0 saturated carbocycles. The molecule has 0 bridgehead atoms. The van der Waals surface area contributed by atoms with Gasteiger partial charge in [-0.1, -0.05) is 13.2 Å². The van der Waals surface area contributed by atoms with Crippen LogP contribution in [-0.4, -0.2) is 44.2 Å². The normalized spacial score (nSPS) is 16.6. The van der Waals surface area contributed by atoms with E-state index in [1.807, 2.05) is 39.5 Å². The van der Waals surface area contributed by atoms with Crippen LogP contribution in [0.3, 0.4) is 0 Å². The molecule has 1 saturated heterocycles. The summed E-state index contributed by atoms with van der Waals surface area (Å²) in [7, 11) is 0. The van der Waals surface area contributed by atoms with Crippen LogP contribution in [0, 0.1) is 12.8 Å². The third kappa shape index (κ3) is 4.50. The zero-order valence-corrected chi connectivity index (χ0v) is 18.6. The van der Waals surface area contributed by atoms with Crippen molar-refractivity contribution >= 4 is 23.0 Å². The first kappa shape index (κ1) is 21.2. The topological polar surface area (TPSA) is 67.5 Å². The summed E-state index contributed by atoms with van der Waals surface area (Å²) in [4.78, 5) is 19.3. The number of rotatable bonds is 7. The molecule has 0 radical (unpaired) electrons. The number of piperidine rings is 1. The summed E-state index contributed by atoms with van der Waals surface area (Å²) in [6.07, 6.45) is 7.94. The van der Waals surface area contributed by atoms with Crippen molar-refractivity contribution in [1.82, 2.24) is 19.4 Å². The van der Waals surface area contributed by atoms with Gasteiger partial charge in [0.1, 0.15) is 5.84 Å². The lowest BCUT2D eigenvalue weighted by molar-refractivity contribution is -0.132. The van der Waals surface area contributed by atoms with Gasteiger partial charge in [0.2, 0.25) is 5.91 Å². The molecule has 164 valence electrons. The number of aromatic nitrogens is 3. The molecule has 1 fully saturated rings. The van der Waals surface area contributed by atoms with Crippen molar-refractivity contribution in [1.29, 1.82) is 0 Å². The van der Waals surface area contributed by atoms with Gasteiger partial charge < -0.3 is 4.90 Å². The molecule has 4 rings (SSSR count). The molecule has 31 heavy (non-hydrogen) atoms. The van der Waals surface area contributed by atoms with Crippen molar-refractivity contribution in [2.24, 2.45) is 10.9 Å². The average molecular weight is 421 g/mol. The minimum atomic E-state index is 0.232. The van der Waals surface area contributed by atoms with E-state index in [9.17, 15) is 4.79 Å². The summed E-state index contributed by atoms with van der Waals surface area (Å²) in [5, 5.41) is 4.35. The zero-order chi connectivity index (χ0) is 22.0. The second-order valence-corrected chi connectivity index (χ2v) is 8.43. The molecule has 0 spiro atoms. The van der Waals surface area contributed by atoms with Gasteiger partial charge in [-0.05, 0) is 56.7 Å².